The van der Waals surface area contributed by atoms with Crippen LogP contribution in [0, 0.1) is 0 Å². The molecule has 1 rings (SSSR count). The van der Waals surface area contributed by atoms with E-state index in [-0.39, 0.29) is 19.6 Å². The van der Waals surface area contributed by atoms with E-state index in [2.05, 4.69) is 0 Å². The molecule has 1 heterocycles. The Morgan fingerprint density at radius 1 is 1.14 bits per heavy atom. The molecule has 1 fully saturated rings. The Balaban J connectivity index is 2.74. The van der Waals surface area contributed by atoms with Gasteiger partial charge in [0.15, 0.2) is 5.25 Å². The first-order valence-electron chi connectivity index (χ1n) is 7.15. The number of hydrogen-bond acceptors (Lipinski definition) is 5. The number of amides is 1. The van der Waals surface area contributed by atoms with Gasteiger partial charge in [0.25, 0.3) is 0 Å². The standard InChI is InChI=1S/C13H24N2O6S/c1-10(11(16)17)22(19,20)15-7-5-6-14(8-9-15)12(18)21-13(2,3)4/h10H,5-9H2,1-4H3,(H,16,17). The SMILES string of the molecule is CC(C(=O)O)S(=O)(=O)N1CCCN(C(=O)OC(C)(C)C)CC1. The van der Waals surface area contributed by atoms with E-state index in [1.54, 1.807) is 20.8 Å². The molecule has 0 bridgehead atoms. The van der Waals surface area contributed by atoms with Crippen molar-refractivity contribution in [1.82, 2.24) is 9.21 Å². The van der Waals surface area contributed by atoms with Gasteiger partial charge in [0.2, 0.25) is 10.0 Å². The zero-order valence-electron chi connectivity index (χ0n) is 13.4. The maximum Gasteiger partial charge on any atom is 0.410 e. The maximum absolute atomic E-state index is 12.2. The van der Waals surface area contributed by atoms with Gasteiger partial charge in [-0.05, 0) is 34.1 Å². The van der Waals surface area contributed by atoms with Crippen molar-refractivity contribution in [2.45, 2.75) is 45.0 Å². The van der Waals surface area contributed by atoms with Gasteiger partial charge in [0.1, 0.15) is 5.60 Å². The molecule has 0 aromatic carbocycles. The Kier molecular flexibility index (Phi) is 5.80. The Bertz CT molecular complexity index is 525. The molecule has 1 N–H and O–H groups in total. The third-order valence-corrected chi connectivity index (χ3v) is 5.44. The van der Waals surface area contributed by atoms with Crippen molar-refractivity contribution in [3.63, 3.8) is 0 Å². The smallest absolute Gasteiger partial charge is 0.410 e. The predicted octanol–water partition coefficient (Wildman–Crippen LogP) is 0.732. The van der Waals surface area contributed by atoms with E-state index in [0.717, 1.165) is 11.2 Å². The van der Waals surface area contributed by atoms with Gasteiger partial charge in [-0.15, -0.1) is 0 Å². The van der Waals surface area contributed by atoms with Crippen molar-refractivity contribution in [3.05, 3.63) is 0 Å². The molecule has 1 atom stereocenters. The van der Waals surface area contributed by atoms with Gasteiger partial charge in [-0.25, -0.2) is 13.2 Å². The van der Waals surface area contributed by atoms with Crippen LogP contribution < -0.4 is 0 Å². The number of carbonyl (C=O) groups is 2. The van der Waals surface area contributed by atoms with Crippen LogP contribution in [0.4, 0.5) is 4.79 Å². The summed E-state index contributed by atoms with van der Waals surface area (Å²) in [5.74, 6) is -1.38. The lowest BCUT2D eigenvalue weighted by atomic mass is 10.2. The van der Waals surface area contributed by atoms with Gasteiger partial charge in [-0.3, -0.25) is 4.79 Å². The minimum absolute atomic E-state index is 0.0686. The molecular weight excluding hydrogens is 312 g/mol. The van der Waals surface area contributed by atoms with Crippen molar-refractivity contribution in [2.75, 3.05) is 26.2 Å². The molecule has 0 aromatic rings. The predicted molar refractivity (Wildman–Crippen MR) is 80.0 cm³/mol. The van der Waals surface area contributed by atoms with E-state index < -0.39 is 32.9 Å². The van der Waals surface area contributed by atoms with Gasteiger partial charge in [0.05, 0.1) is 0 Å². The van der Waals surface area contributed by atoms with Crippen LogP contribution in [-0.2, 0) is 19.6 Å². The summed E-state index contributed by atoms with van der Waals surface area (Å²) < 4.78 is 30.8. The molecule has 1 saturated heterocycles. The number of ether oxygens (including phenoxy) is 1. The van der Waals surface area contributed by atoms with Crippen molar-refractivity contribution >= 4 is 22.1 Å². The molecule has 1 aliphatic rings. The largest absolute Gasteiger partial charge is 0.480 e. The monoisotopic (exact) mass is 336 g/mol. The van der Waals surface area contributed by atoms with Crippen LogP contribution in [0.25, 0.3) is 0 Å². The highest BCUT2D eigenvalue weighted by molar-refractivity contribution is 7.90. The number of hydrogen-bond donors (Lipinski definition) is 1. The molecule has 0 radical (unpaired) electrons. The summed E-state index contributed by atoms with van der Waals surface area (Å²) in [4.78, 5) is 24.4. The zero-order valence-corrected chi connectivity index (χ0v) is 14.2. The van der Waals surface area contributed by atoms with Crippen molar-refractivity contribution in [1.29, 1.82) is 0 Å². The fraction of sp³-hybridized carbons (Fsp3) is 0.846. The van der Waals surface area contributed by atoms with E-state index in [1.165, 1.54) is 4.90 Å². The third kappa shape index (κ3) is 4.84. The Morgan fingerprint density at radius 3 is 2.23 bits per heavy atom. The number of rotatable bonds is 3. The number of carboxylic acids is 1. The van der Waals surface area contributed by atoms with E-state index >= 15 is 0 Å². The van der Waals surface area contributed by atoms with Crippen LogP contribution in [0.5, 0.6) is 0 Å². The molecule has 1 amide bonds. The Morgan fingerprint density at radius 2 is 1.73 bits per heavy atom. The maximum atomic E-state index is 12.2. The summed E-state index contributed by atoms with van der Waals surface area (Å²) in [5.41, 5.74) is -0.618. The average Bonchev–Trinajstić information content (AvgIpc) is 2.61. The molecule has 1 unspecified atom stereocenters. The van der Waals surface area contributed by atoms with Crippen molar-refractivity contribution < 1.29 is 27.9 Å². The summed E-state index contributed by atoms with van der Waals surface area (Å²) in [7, 11) is -3.91. The lowest BCUT2D eigenvalue weighted by Gasteiger charge is -2.26. The number of nitrogens with zero attached hydrogens (tertiary/aromatic N) is 2. The van der Waals surface area contributed by atoms with Gasteiger partial charge in [0, 0.05) is 26.2 Å². The molecule has 22 heavy (non-hydrogen) atoms. The molecule has 9 heteroatoms. The number of carbonyl (C=O) groups excluding carboxylic acids is 1. The van der Waals surface area contributed by atoms with Gasteiger partial charge >= 0.3 is 12.1 Å². The minimum Gasteiger partial charge on any atom is -0.480 e. The van der Waals surface area contributed by atoms with E-state index in [9.17, 15) is 18.0 Å². The molecule has 1 aliphatic heterocycles. The quantitative estimate of drug-likeness (QED) is 0.815. The van der Waals surface area contributed by atoms with Crippen LogP contribution in [0.1, 0.15) is 34.1 Å². The highest BCUT2D eigenvalue weighted by Gasteiger charge is 2.35. The number of aliphatic carboxylic acids is 1. The first-order valence-corrected chi connectivity index (χ1v) is 8.65. The highest BCUT2D eigenvalue weighted by Crippen LogP contribution is 2.16. The Labute approximate surface area is 131 Å². The summed E-state index contributed by atoms with van der Waals surface area (Å²) in [5, 5.41) is 7.40. The minimum atomic E-state index is -3.91. The molecule has 0 spiro atoms. The normalized spacial score (nSPS) is 19.4. The first-order chi connectivity index (χ1) is 9.95. The lowest BCUT2D eigenvalue weighted by molar-refractivity contribution is -0.136. The van der Waals surface area contributed by atoms with Crippen LogP contribution in [0.15, 0.2) is 0 Å². The highest BCUT2D eigenvalue weighted by atomic mass is 32.2. The zero-order chi connectivity index (χ0) is 17.1. The van der Waals surface area contributed by atoms with Gasteiger partial charge < -0.3 is 14.7 Å². The van der Waals surface area contributed by atoms with E-state index in [4.69, 9.17) is 9.84 Å². The summed E-state index contributed by atoms with van der Waals surface area (Å²) in [6.07, 6.45) is -0.0526. The molecule has 8 nitrogen and oxygen atoms in total. The number of sulfonamides is 1. The molecule has 0 saturated carbocycles. The fourth-order valence-electron chi connectivity index (χ4n) is 2.01. The topological polar surface area (TPSA) is 104 Å². The average molecular weight is 336 g/mol. The molecule has 128 valence electrons. The van der Waals surface area contributed by atoms with Crippen LogP contribution in [-0.4, -0.2) is 71.8 Å². The van der Waals surface area contributed by atoms with Crippen molar-refractivity contribution in [2.24, 2.45) is 0 Å². The van der Waals surface area contributed by atoms with Crippen LogP contribution >= 0.6 is 0 Å². The summed E-state index contributed by atoms with van der Waals surface area (Å²) >= 11 is 0. The van der Waals surface area contributed by atoms with Crippen molar-refractivity contribution in [3.8, 4) is 0 Å². The second kappa shape index (κ2) is 6.82. The second-order valence-corrected chi connectivity index (χ2v) is 8.50. The summed E-state index contributed by atoms with van der Waals surface area (Å²) in [6.45, 7) is 7.24. The fourth-order valence-corrected chi connectivity index (χ4v) is 3.43. The van der Waals surface area contributed by atoms with E-state index in [0.29, 0.717) is 13.0 Å². The first kappa shape index (κ1) is 18.7. The number of carboxylic acid groups (broad SMARTS) is 1. The third-order valence-electron chi connectivity index (χ3n) is 3.26. The lowest BCUT2D eigenvalue weighted by Crippen LogP contribution is -2.43. The molecule has 0 aromatic heterocycles. The second-order valence-electron chi connectivity index (χ2n) is 6.25. The van der Waals surface area contributed by atoms with Gasteiger partial charge in [-0.2, -0.15) is 4.31 Å². The van der Waals surface area contributed by atoms with Gasteiger partial charge in [-0.1, -0.05) is 0 Å². The summed E-state index contributed by atoms with van der Waals surface area (Å²) in [6, 6.07) is 0. The van der Waals surface area contributed by atoms with Crippen LogP contribution in [0.3, 0.4) is 0 Å². The van der Waals surface area contributed by atoms with Crippen LogP contribution in [0.2, 0.25) is 0 Å². The Hall–Kier alpha value is -1.35. The van der Waals surface area contributed by atoms with E-state index in [1.807, 2.05) is 0 Å². The molecule has 0 aliphatic carbocycles. The molecular formula is C13H24N2O6S.